The lowest BCUT2D eigenvalue weighted by molar-refractivity contribution is 0.266. The van der Waals surface area contributed by atoms with E-state index >= 15 is 0 Å². The molecule has 0 amide bonds. The van der Waals surface area contributed by atoms with Gasteiger partial charge in [0.15, 0.2) is 0 Å². The van der Waals surface area contributed by atoms with Crippen molar-refractivity contribution >= 4 is 31.7 Å². The molecule has 0 atom stereocenters. The summed E-state index contributed by atoms with van der Waals surface area (Å²) in [5.74, 6) is 0.627. The zero-order valence-electron chi connectivity index (χ0n) is 16.1. The van der Waals surface area contributed by atoms with E-state index in [2.05, 4.69) is 32.7 Å². The summed E-state index contributed by atoms with van der Waals surface area (Å²) in [7, 11) is -3.80. The Morgan fingerprint density at radius 1 is 1.00 bits per heavy atom. The van der Waals surface area contributed by atoms with Gasteiger partial charge in [0.05, 0.1) is 4.90 Å². The van der Waals surface area contributed by atoms with Crippen molar-refractivity contribution in [2.45, 2.75) is 16.8 Å². The van der Waals surface area contributed by atoms with Crippen molar-refractivity contribution in [3.05, 3.63) is 59.1 Å². The Hall–Kier alpha value is -2.16. The Labute approximate surface area is 179 Å². The number of likely N-dealkylation sites (N-methyl/N-ethyl adjacent to an activating group) is 1. The van der Waals surface area contributed by atoms with E-state index in [0.29, 0.717) is 24.9 Å². The number of sulfone groups is 1. The summed E-state index contributed by atoms with van der Waals surface area (Å²) >= 11 is 3.42. The lowest BCUT2D eigenvalue weighted by atomic mass is 10.2. The van der Waals surface area contributed by atoms with Gasteiger partial charge in [-0.3, -0.25) is 0 Å². The minimum Gasteiger partial charge on any atom is -0.419 e. The Kier molecular flexibility index (Phi) is 5.76. The number of hydrogen-bond donors (Lipinski definition) is 0. The van der Waals surface area contributed by atoms with Gasteiger partial charge in [0, 0.05) is 36.2 Å². The molecule has 1 aliphatic heterocycles. The van der Waals surface area contributed by atoms with Crippen molar-refractivity contribution < 1.29 is 12.8 Å². The highest BCUT2D eigenvalue weighted by molar-refractivity contribution is 9.10. The largest absolute Gasteiger partial charge is 0.419 e. The van der Waals surface area contributed by atoms with Crippen LogP contribution in [0.25, 0.3) is 11.5 Å². The molecule has 1 aromatic heterocycles. The summed E-state index contributed by atoms with van der Waals surface area (Å²) in [6, 6.07) is 15.9. The van der Waals surface area contributed by atoms with Gasteiger partial charge < -0.3 is 14.2 Å². The Morgan fingerprint density at radius 3 is 2.28 bits per heavy atom. The van der Waals surface area contributed by atoms with E-state index in [1.165, 1.54) is 0 Å². The molecule has 29 heavy (non-hydrogen) atoms. The number of aromatic nitrogens is 1. The first-order valence-corrected chi connectivity index (χ1v) is 11.8. The number of benzene rings is 2. The minimum atomic E-state index is -3.80. The molecule has 0 spiro atoms. The second-order valence-electron chi connectivity index (χ2n) is 6.87. The fourth-order valence-corrected chi connectivity index (χ4v) is 4.97. The standard InChI is InChI=1S/C21H22BrN3O3S/c1-2-24-12-14-25(15-13-24)21-20(29(26,27)18-6-4-3-5-7-18)23-19(28-21)16-8-10-17(22)11-9-16/h3-11H,2,12-15H2,1H3. The Bertz CT molecular complexity index is 1070. The number of anilines is 1. The third kappa shape index (κ3) is 4.10. The van der Waals surface area contributed by atoms with Gasteiger partial charge in [-0.2, -0.15) is 4.98 Å². The van der Waals surface area contributed by atoms with E-state index in [1.807, 2.05) is 29.2 Å². The van der Waals surface area contributed by atoms with Crippen molar-refractivity contribution in [2.75, 3.05) is 37.6 Å². The third-order valence-electron chi connectivity index (χ3n) is 5.09. The molecule has 0 radical (unpaired) electrons. The highest BCUT2D eigenvalue weighted by Crippen LogP contribution is 2.35. The summed E-state index contributed by atoms with van der Waals surface area (Å²) in [6.07, 6.45) is 0. The molecule has 1 aliphatic rings. The van der Waals surface area contributed by atoms with Gasteiger partial charge in [-0.25, -0.2) is 8.42 Å². The molecular weight excluding hydrogens is 454 g/mol. The molecule has 0 saturated carbocycles. The molecule has 0 bridgehead atoms. The number of halogens is 1. The fraction of sp³-hybridized carbons (Fsp3) is 0.286. The van der Waals surface area contributed by atoms with Crippen LogP contribution in [0.5, 0.6) is 0 Å². The van der Waals surface area contributed by atoms with Crippen LogP contribution in [0, 0.1) is 0 Å². The van der Waals surface area contributed by atoms with Crippen LogP contribution in [0.15, 0.2) is 73.4 Å². The lowest BCUT2D eigenvalue weighted by Gasteiger charge is -2.33. The first-order chi connectivity index (χ1) is 14.0. The molecule has 8 heteroatoms. The first kappa shape index (κ1) is 20.1. The van der Waals surface area contributed by atoms with Gasteiger partial charge in [-0.1, -0.05) is 41.1 Å². The second kappa shape index (κ2) is 8.30. The molecule has 152 valence electrons. The SMILES string of the molecule is CCN1CCN(c2oc(-c3ccc(Br)cc3)nc2S(=O)(=O)c2ccccc2)CC1. The van der Waals surface area contributed by atoms with E-state index in [9.17, 15) is 8.42 Å². The summed E-state index contributed by atoms with van der Waals surface area (Å²) in [5.41, 5.74) is 0.733. The zero-order chi connectivity index (χ0) is 20.4. The monoisotopic (exact) mass is 475 g/mol. The average Bonchev–Trinajstić information content (AvgIpc) is 3.21. The predicted octanol–water partition coefficient (Wildman–Crippen LogP) is 4.08. The van der Waals surface area contributed by atoms with E-state index in [4.69, 9.17) is 4.42 Å². The minimum absolute atomic E-state index is 0.0217. The van der Waals surface area contributed by atoms with Crippen molar-refractivity contribution in [3.63, 3.8) is 0 Å². The maximum absolute atomic E-state index is 13.3. The summed E-state index contributed by atoms with van der Waals surface area (Å²) in [6.45, 7) is 6.20. The van der Waals surface area contributed by atoms with Crippen LogP contribution in [-0.2, 0) is 9.84 Å². The maximum atomic E-state index is 13.3. The topological polar surface area (TPSA) is 66.7 Å². The van der Waals surface area contributed by atoms with Crippen LogP contribution in [0.4, 0.5) is 5.88 Å². The summed E-state index contributed by atoms with van der Waals surface area (Å²) < 4.78 is 33.7. The van der Waals surface area contributed by atoms with Gasteiger partial charge in [0.2, 0.25) is 26.6 Å². The van der Waals surface area contributed by atoms with Crippen LogP contribution < -0.4 is 4.90 Å². The molecule has 0 N–H and O–H groups in total. The number of piperazine rings is 1. The van der Waals surface area contributed by atoms with Gasteiger partial charge in [-0.05, 0) is 42.9 Å². The molecule has 6 nitrogen and oxygen atoms in total. The molecule has 2 heterocycles. The molecule has 2 aromatic carbocycles. The summed E-state index contributed by atoms with van der Waals surface area (Å²) in [5, 5.41) is -0.0217. The molecule has 0 unspecified atom stereocenters. The number of oxazole rings is 1. The van der Waals surface area contributed by atoms with Crippen molar-refractivity contribution in [3.8, 4) is 11.5 Å². The Morgan fingerprint density at radius 2 is 1.66 bits per heavy atom. The van der Waals surface area contributed by atoms with Gasteiger partial charge in [0.1, 0.15) is 0 Å². The predicted molar refractivity (Wildman–Crippen MR) is 116 cm³/mol. The molecule has 3 aromatic rings. The van der Waals surface area contributed by atoms with Gasteiger partial charge in [-0.15, -0.1) is 0 Å². The second-order valence-corrected chi connectivity index (χ2v) is 9.65. The number of hydrogen-bond acceptors (Lipinski definition) is 6. The van der Waals surface area contributed by atoms with E-state index < -0.39 is 9.84 Å². The normalized spacial score (nSPS) is 15.6. The first-order valence-electron chi connectivity index (χ1n) is 9.53. The molecular formula is C21H22BrN3O3S. The highest BCUT2D eigenvalue weighted by atomic mass is 79.9. The van der Waals surface area contributed by atoms with Crippen LogP contribution in [-0.4, -0.2) is 51.0 Å². The van der Waals surface area contributed by atoms with Gasteiger partial charge in [0.25, 0.3) is 0 Å². The quantitative estimate of drug-likeness (QED) is 0.553. The third-order valence-corrected chi connectivity index (χ3v) is 7.28. The molecule has 1 fully saturated rings. The Balaban J connectivity index is 1.79. The zero-order valence-corrected chi connectivity index (χ0v) is 18.5. The van der Waals surface area contributed by atoms with Crippen LogP contribution in [0.1, 0.15) is 6.92 Å². The van der Waals surface area contributed by atoms with Crippen LogP contribution in [0.3, 0.4) is 0 Å². The summed E-state index contributed by atoms with van der Waals surface area (Å²) in [4.78, 5) is 8.97. The maximum Gasteiger partial charge on any atom is 0.236 e. The number of nitrogens with zero attached hydrogens (tertiary/aromatic N) is 3. The van der Waals surface area contributed by atoms with E-state index in [0.717, 1.165) is 29.7 Å². The fourth-order valence-electron chi connectivity index (χ4n) is 3.37. The van der Waals surface area contributed by atoms with Crippen molar-refractivity contribution in [2.24, 2.45) is 0 Å². The highest BCUT2D eigenvalue weighted by Gasteiger charge is 2.32. The molecule has 0 aliphatic carbocycles. The van der Waals surface area contributed by atoms with Crippen LogP contribution in [0.2, 0.25) is 0 Å². The van der Waals surface area contributed by atoms with E-state index in [1.54, 1.807) is 30.3 Å². The van der Waals surface area contributed by atoms with E-state index in [-0.39, 0.29) is 9.92 Å². The number of rotatable bonds is 5. The van der Waals surface area contributed by atoms with Crippen LogP contribution >= 0.6 is 15.9 Å². The van der Waals surface area contributed by atoms with Gasteiger partial charge >= 0.3 is 0 Å². The smallest absolute Gasteiger partial charge is 0.236 e. The van der Waals surface area contributed by atoms with Crippen molar-refractivity contribution in [1.82, 2.24) is 9.88 Å². The molecule has 1 saturated heterocycles. The average molecular weight is 476 g/mol. The lowest BCUT2D eigenvalue weighted by Crippen LogP contribution is -2.46. The molecule has 4 rings (SSSR count). The van der Waals surface area contributed by atoms with Crippen molar-refractivity contribution in [1.29, 1.82) is 0 Å².